The first-order valence-electron chi connectivity index (χ1n) is 7.00. The lowest BCUT2D eigenvalue weighted by atomic mass is 10.0. The minimum absolute atomic E-state index is 0.0501. The average molecular weight is 315 g/mol. The Labute approximate surface area is 133 Å². The van der Waals surface area contributed by atoms with Gasteiger partial charge in [-0.3, -0.25) is 10.1 Å². The van der Waals surface area contributed by atoms with Crippen molar-refractivity contribution in [3.63, 3.8) is 0 Å². The first-order valence-corrected chi connectivity index (χ1v) is 7.00. The van der Waals surface area contributed by atoms with Crippen LogP contribution in [0.2, 0.25) is 0 Å². The molecule has 2 aromatic rings. The van der Waals surface area contributed by atoms with Gasteiger partial charge in [0.25, 0.3) is 5.69 Å². The Morgan fingerprint density at radius 3 is 2.48 bits per heavy atom. The van der Waals surface area contributed by atoms with Crippen LogP contribution in [-0.4, -0.2) is 22.6 Å². The maximum Gasteiger partial charge on any atom is 0.319 e. The van der Waals surface area contributed by atoms with Crippen molar-refractivity contribution in [2.24, 2.45) is 0 Å². The monoisotopic (exact) mass is 315 g/mol. The fourth-order valence-electron chi connectivity index (χ4n) is 2.10. The number of aryl methyl sites for hydroxylation is 1. The third-order valence-corrected chi connectivity index (χ3v) is 3.34. The largest absolute Gasteiger partial charge is 0.387 e. The second kappa shape index (κ2) is 7.37. The molecule has 7 nitrogen and oxygen atoms in total. The van der Waals surface area contributed by atoms with E-state index in [2.05, 4.69) is 10.6 Å². The number of rotatable bonds is 5. The highest BCUT2D eigenvalue weighted by molar-refractivity contribution is 5.89. The highest BCUT2D eigenvalue weighted by Crippen LogP contribution is 2.17. The van der Waals surface area contributed by atoms with Crippen LogP contribution in [0, 0.1) is 17.0 Å². The highest BCUT2D eigenvalue weighted by Gasteiger charge is 2.12. The predicted octanol–water partition coefficient (Wildman–Crippen LogP) is 2.76. The molecule has 0 aromatic heterocycles. The number of urea groups is 1. The van der Waals surface area contributed by atoms with Gasteiger partial charge in [-0.15, -0.1) is 0 Å². The summed E-state index contributed by atoms with van der Waals surface area (Å²) in [6.07, 6.45) is -0.807. The van der Waals surface area contributed by atoms with E-state index < -0.39 is 17.1 Å². The fraction of sp³-hybridized carbons (Fsp3) is 0.188. The summed E-state index contributed by atoms with van der Waals surface area (Å²) in [4.78, 5) is 21.8. The van der Waals surface area contributed by atoms with Crippen LogP contribution in [0.25, 0.3) is 0 Å². The van der Waals surface area contributed by atoms with Gasteiger partial charge in [0.1, 0.15) is 0 Å². The molecule has 120 valence electrons. The number of carbonyl (C=O) groups excluding carboxylic acids is 1. The van der Waals surface area contributed by atoms with E-state index in [1.807, 2.05) is 25.1 Å². The number of anilines is 1. The van der Waals surface area contributed by atoms with Crippen LogP contribution in [0.4, 0.5) is 16.2 Å². The molecule has 1 atom stereocenters. The number of amides is 2. The molecule has 0 saturated carbocycles. The zero-order valence-electron chi connectivity index (χ0n) is 12.5. The minimum atomic E-state index is -0.807. The molecule has 0 aliphatic rings. The van der Waals surface area contributed by atoms with Gasteiger partial charge >= 0.3 is 6.03 Å². The van der Waals surface area contributed by atoms with E-state index in [0.29, 0.717) is 5.69 Å². The SMILES string of the molecule is Cc1ccccc1C(O)CNC(=O)Nc1ccc([N+](=O)[O-])cc1. The van der Waals surface area contributed by atoms with Crippen LogP contribution in [0.3, 0.4) is 0 Å². The molecule has 2 rings (SSSR count). The molecular weight excluding hydrogens is 298 g/mol. The molecule has 7 heteroatoms. The van der Waals surface area contributed by atoms with Crippen molar-refractivity contribution in [3.8, 4) is 0 Å². The van der Waals surface area contributed by atoms with Gasteiger partial charge in [-0.1, -0.05) is 24.3 Å². The molecule has 0 aliphatic carbocycles. The van der Waals surface area contributed by atoms with E-state index in [4.69, 9.17) is 0 Å². The zero-order chi connectivity index (χ0) is 16.8. The first-order chi connectivity index (χ1) is 11.0. The summed E-state index contributed by atoms with van der Waals surface area (Å²) < 4.78 is 0. The predicted molar refractivity (Wildman–Crippen MR) is 86.3 cm³/mol. The summed E-state index contributed by atoms with van der Waals surface area (Å²) in [7, 11) is 0. The number of hydrogen-bond acceptors (Lipinski definition) is 4. The van der Waals surface area contributed by atoms with E-state index in [0.717, 1.165) is 11.1 Å². The fourth-order valence-corrected chi connectivity index (χ4v) is 2.10. The number of aliphatic hydroxyl groups excluding tert-OH is 1. The molecule has 0 saturated heterocycles. The van der Waals surface area contributed by atoms with Crippen LogP contribution in [0.5, 0.6) is 0 Å². The summed E-state index contributed by atoms with van der Waals surface area (Å²) in [5.41, 5.74) is 2.07. The number of nitro benzene ring substituents is 1. The topological polar surface area (TPSA) is 104 Å². The lowest BCUT2D eigenvalue weighted by molar-refractivity contribution is -0.384. The quantitative estimate of drug-likeness (QED) is 0.583. The van der Waals surface area contributed by atoms with Gasteiger partial charge in [0.2, 0.25) is 0 Å². The third-order valence-electron chi connectivity index (χ3n) is 3.34. The van der Waals surface area contributed by atoms with E-state index in [-0.39, 0.29) is 12.2 Å². The average Bonchev–Trinajstić information content (AvgIpc) is 2.53. The second-order valence-corrected chi connectivity index (χ2v) is 5.01. The molecule has 0 aliphatic heterocycles. The lowest BCUT2D eigenvalue weighted by Crippen LogP contribution is -2.32. The molecule has 0 radical (unpaired) electrons. The van der Waals surface area contributed by atoms with Crippen LogP contribution in [0.15, 0.2) is 48.5 Å². The maximum atomic E-state index is 11.8. The van der Waals surface area contributed by atoms with Crippen LogP contribution in [0.1, 0.15) is 17.2 Å². The normalized spacial score (nSPS) is 11.6. The molecule has 0 bridgehead atoms. The number of hydrogen-bond donors (Lipinski definition) is 3. The number of nitro groups is 1. The van der Waals surface area contributed by atoms with Gasteiger partial charge in [0, 0.05) is 24.4 Å². The first kappa shape index (κ1) is 16.4. The summed E-state index contributed by atoms with van der Waals surface area (Å²) >= 11 is 0. The van der Waals surface area contributed by atoms with Crippen molar-refractivity contribution in [1.82, 2.24) is 5.32 Å². The van der Waals surface area contributed by atoms with Crippen molar-refractivity contribution in [3.05, 3.63) is 69.8 Å². The molecule has 1 unspecified atom stereocenters. The standard InChI is InChI=1S/C16H17N3O4/c1-11-4-2-3-5-14(11)15(20)10-17-16(21)18-12-6-8-13(9-7-12)19(22)23/h2-9,15,20H,10H2,1H3,(H2,17,18,21). The molecule has 0 spiro atoms. The van der Waals surface area contributed by atoms with Crippen LogP contribution in [-0.2, 0) is 0 Å². The van der Waals surface area contributed by atoms with Gasteiger partial charge < -0.3 is 15.7 Å². The van der Waals surface area contributed by atoms with Crippen LogP contribution >= 0.6 is 0 Å². The Morgan fingerprint density at radius 2 is 1.87 bits per heavy atom. The molecule has 0 fully saturated rings. The third kappa shape index (κ3) is 4.52. The maximum absolute atomic E-state index is 11.8. The van der Waals surface area contributed by atoms with Crippen molar-refractivity contribution >= 4 is 17.4 Å². The Bertz CT molecular complexity index is 701. The Morgan fingerprint density at radius 1 is 1.22 bits per heavy atom. The Balaban J connectivity index is 1.87. The summed E-state index contributed by atoms with van der Waals surface area (Å²) in [5.74, 6) is 0. The van der Waals surface area contributed by atoms with E-state index in [1.165, 1.54) is 24.3 Å². The number of nitrogens with one attached hydrogen (secondary N) is 2. The molecule has 2 amide bonds. The van der Waals surface area contributed by atoms with Gasteiger partial charge in [-0.2, -0.15) is 0 Å². The summed E-state index contributed by atoms with van der Waals surface area (Å²) in [6, 6.07) is 12.4. The highest BCUT2D eigenvalue weighted by atomic mass is 16.6. The minimum Gasteiger partial charge on any atom is -0.387 e. The second-order valence-electron chi connectivity index (χ2n) is 5.01. The molecule has 2 aromatic carbocycles. The smallest absolute Gasteiger partial charge is 0.319 e. The van der Waals surface area contributed by atoms with E-state index in [1.54, 1.807) is 6.07 Å². The number of benzene rings is 2. The van der Waals surface area contributed by atoms with Crippen LogP contribution < -0.4 is 10.6 Å². The molecule has 0 heterocycles. The van der Waals surface area contributed by atoms with Crippen molar-refractivity contribution in [1.29, 1.82) is 0 Å². The number of nitrogens with zero attached hydrogens (tertiary/aromatic N) is 1. The van der Waals surface area contributed by atoms with Gasteiger partial charge in [-0.25, -0.2) is 4.79 Å². The summed E-state index contributed by atoms with van der Waals surface area (Å²) in [5, 5.41) is 25.8. The van der Waals surface area contributed by atoms with Crippen molar-refractivity contribution in [2.45, 2.75) is 13.0 Å². The lowest BCUT2D eigenvalue weighted by Gasteiger charge is -2.15. The Hall–Kier alpha value is -2.93. The number of aliphatic hydroxyl groups is 1. The van der Waals surface area contributed by atoms with E-state index >= 15 is 0 Å². The van der Waals surface area contributed by atoms with Gasteiger partial charge in [0.05, 0.1) is 11.0 Å². The van der Waals surface area contributed by atoms with E-state index in [9.17, 15) is 20.0 Å². The molecular formula is C16H17N3O4. The zero-order valence-corrected chi connectivity index (χ0v) is 12.5. The van der Waals surface area contributed by atoms with Gasteiger partial charge in [0.15, 0.2) is 0 Å². The summed E-state index contributed by atoms with van der Waals surface area (Å²) in [6.45, 7) is 1.94. The molecule has 23 heavy (non-hydrogen) atoms. The van der Waals surface area contributed by atoms with Crippen molar-refractivity contribution < 1.29 is 14.8 Å². The van der Waals surface area contributed by atoms with Gasteiger partial charge in [-0.05, 0) is 30.2 Å². The number of carbonyl (C=O) groups is 1. The Kier molecular flexibility index (Phi) is 5.27. The number of non-ortho nitro benzene ring substituents is 1. The van der Waals surface area contributed by atoms with Crippen molar-refractivity contribution in [2.75, 3.05) is 11.9 Å². The molecule has 3 N–H and O–H groups in total.